The highest BCUT2D eigenvalue weighted by Crippen LogP contribution is 2.27. The van der Waals surface area contributed by atoms with Crippen LogP contribution in [-0.4, -0.2) is 56.1 Å². The molecule has 0 fully saturated rings. The van der Waals surface area contributed by atoms with Gasteiger partial charge in [0.25, 0.3) is 5.91 Å². The molecule has 0 radical (unpaired) electrons. The van der Waals surface area contributed by atoms with Crippen LogP contribution in [-0.2, 0) is 17.6 Å². The largest absolute Gasteiger partial charge is 0.490 e. The van der Waals surface area contributed by atoms with E-state index in [-0.39, 0.29) is 5.91 Å². The van der Waals surface area contributed by atoms with Crippen LogP contribution in [0.25, 0.3) is 0 Å². The van der Waals surface area contributed by atoms with Crippen molar-refractivity contribution < 1.29 is 37.0 Å². The zero-order valence-corrected chi connectivity index (χ0v) is 16.5. The smallest absolute Gasteiger partial charge is 0.475 e. The lowest BCUT2D eigenvalue weighted by Gasteiger charge is -2.18. The number of carboxylic acids is 1. The molecule has 9 nitrogen and oxygen atoms in total. The Morgan fingerprint density at radius 1 is 1.12 bits per heavy atom. The predicted octanol–water partition coefficient (Wildman–Crippen LogP) is 3.13. The number of aromatic nitrogens is 3. The summed E-state index contributed by atoms with van der Waals surface area (Å²) in [4.78, 5) is 35.8. The maximum atomic E-state index is 12.5. The molecule has 3 aromatic heterocycles. The summed E-state index contributed by atoms with van der Waals surface area (Å²) in [6, 6.07) is 7.02. The average molecular weight is 450 g/mol. The van der Waals surface area contributed by atoms with Gasteiger partial charge in [0, 0.05) is 31.3 Å². The van der Waals surface area contributed by atoms with E-state index in [2.05, 4.69) is 15.0 Å². The van der Waals surface area contributed by atoms with Crippen LogP contribution in [0.5, 0.6) is 11.6 Å². The molecule has 0 spiro atoms. The monoisotopic (exact) mass is 450 g/mol. The second-order valence-electron chi connectivity index (χ2n) is 6.47. The molecule has 0 unspecified atom stereocenters. The Morgan fingerprint density at radius 3 is 2.50 bits per heavy atom. The fraction of sp³-hybridized carbons (Fsp3) is 0.250. The van der Waals surface area contributed by atoms with Crippen molar-refractivity contribution in [2.45, 2.75) is 19.0 Å². The van der Waals surface area contributed by atoms with E-state index in [1.54, 1.807) is 35.5 Å². The molecule has 12 heteroatoms. The number of carbonyl (C=O) groups is 2. The second kappa shape index (κ2) is 9.90. The van der Waals surface area contributed by atoms with Gasteiger partial charge in [0.2, 0.25) is 5.88 Å². The Bertz CT molecular complexity index is 1060. The Labute approximate surface area is 179 Å². The summed E-state index contributed by atoms with van der Waals surface area (Å²) >= 11 is 0. The van der Waals surface area contributed by atoms with E-state index in [4.69, 9.17) is 19.1 Å². The van der Waals surface area contributed by atoms with Crippen molar-refractivity contribution in [3.8, 4) is 11.6 Å². The van der Waals surface area contributed by atoms with Crippen molar-refractivity contribution in [2.75, 3.05) is 13.1 Å². The molecule has 3 aromatic rings. The van der Waals surface area contributed by atoms with E-state index >= 15 is 0 Å². The molecule has 32 heavy (non-hydrogen) atoms. The first-order valence-electron chi connectivity index (χ1n) is 9.29. The number of rotatable bonds is 3. The van der Waals surface area contributed by atoms with Crippen molar-refractivity contribution in [1.82, 2.24) is 19.9 Å². The van der Waals surface area contributed by atoms with Gasteiger partial charge < -0.3 is 19.2 Å². The molecule has 1 aliphatic heterocycles. The number of amides is 1. The van der Waals surface area contributed by atoms with Crippen LogP contribution in [0, 0.1) is 0 Å². The normalized spacial score (nSPS) is 13.3. The number of carbonyl (C=O) groups excluding carboxylic acids is 1. The van der Waals surface area contributed by atoms with Crippen LogP contribution in [0.1, 0.15) is 21.8 Å². The number of furan rings is 1. The van der Waals surface area contributed by atoms with Crippen LogP contribution < -0.4 is 4.74 Å². The van der Waals surface area contributed by atoms with Gasteiger partial charge in [0.1, 0.15) is 12.1 Å². The minimum absolute atomic E-state index is 0.111. The van der Waals surface area contributed by atoms with Gasteiger partial charge in [-0.25, -0.2) is 14.8 Å². The molecule has 4 heterocycles. The first kappa shape index (κ1) is 22.7. The number of ether oxygens (including phenoxy) is 1. The van der Waals surface area contributed by atoms with Gasteiger partial charge in [-0.3, -0.25) is 9.78 Å². The molecule has 0 aromatic carbocycles. The lowest BCUT2D eigenvalue weighted by molar-refractivity contribution is -0.192. The maximum absolute atomic E-state index is 12.5. The van der Waals surface area contributed by atoms with E-state index < -0.39 is 12.1 Å². The summed E-state index contributed by atoms with van der Waals surface area (Å²) in [7, 11) is 0. The highest BCUT2D eigenvalue weighted by molar-refractivity contribution is 5.91. The summed E-state index contributed by atoms with van der Waals surface area (Å²) in [5.41, 5.74) is 1.84. The minimum Gasteiger partial charge on any atom is -0.475 e. The van der Waals surface area contributed by atoms with Crippen LogP contribution in [0.4, 0.5) is 13.2 Å². The molecule has 0 bridgehead atoms. The lowest BCUT2D eigenvalue weighted by Crippen LogP contribution is -2.33. The zero-order valence-electron chi connectivity index (χ0n) is 16.5. The van der Waals surface area contributed by atoms with Gasteiger partial charge in [0.15, 0.2) is 5.76 Å². The van der Waals surface area contributed by atoms with Gasteiger partial charge >= 0.3 is 12.1 Å². The number of hydrogen-bond donors (Lipinski definition) is 1. The zero-order chi connectivity index (χ0) is 23.1. The Hall–Kier alpha value is -3.96. The number of fused-ring (bicyclic) bond motifs is 1. The SMILES string of the molecule is O=C(O)C(F)(F)F.O=C(c1ccco1)N1CCc2ncnc(Oc3cccnc3)c2CC1. The van der Waals surface area contributed by atoms with Gasteiger partial charge in [-0.05, 0) is 30.7 Å². The van der Waals surface area contributed by atoms with Gasteiger partial charge in [-0.1, -0.05) is 0 Å². The molecule has 0 saturated heterocycles. The fourth-order valence-electron chi connectivity index (χ4n) is 2.86. The topological polar surface area (TPSA) is 119 Å². The molecule has 1 N–H and O–H groups in total. The molecule has 0 saturated carbocycles. The molecule has 0 atom stereocenters. The first-order chi connectivity index (χ1) is 15.3. The number of halogens is 3. The van der Waals surface area contributed by atoms with Crippen molar-refractivity contribution in [1.29, 1.82) is 0 Å². The summed E-state index contributed by atoms with van der Waals surface area (Å²) in [5, 5.41) is 7.12. The van der Waals surface area contributed by atoms with Gasteiger partial charge in [-0.15, -0.1) is 0 Å². The van der Waals surface area contributed by atoms with Gasteiger partial charge in [0.05, 0.1) is 18.2 Å². The Balaban J connectivity index is 0.000000360. The summed E-state index contributed by atoms with van der Waals surface area (Å²) < 4.78 is 42.8. The molecule has 168 valence electrons. The highest BCUT2D eigenvalue weighted by atomic mass is 19.4. The third-order valence-corrected chi connectivity index (χ3v) is 4.36. The Morgan fingerprint density at radius 2 is 1.88 bits per heavy atom. The van der Waals surface area contributed by atoms with E-state index in [0.29, 0.717) is 43.3 Å². The number of pyridine rings is 1. The van der Waals surface area contributed by atoms with E-state index in [1.165, 1.54) is 12.6 Å². The quantitative estimate of drug-likeness (QED) is 0.647. The molecular weight excluding hydrogens is 433 g/mol. The average Bonchev–Trinajstić information content (AvgIpc) is 3.21. The summed E-state index contributed by atoms with van der Waals surface area (Å²) in [6.45, 7) is 1.14. The second-order valence-corrected chi connectivity index (χ2v) is 6.47. The van der Waals surface area contributed by atoms with Crippen LogP contribution >= 0.6 is 0 Å². The predicted molar refractivity (Wildman–Crippen MR) is 102 cm³/mol. The minimum atomic E-state index is -5.08. The fourth-order valence-corrected chi connectivity index (χ4v) is 2.86. The van der Waals surface area contributed by atoms with Crippen molar-refractivity contribution >= 4 is 11.9 Å². The number of carboxylic acid groups (broad SMARTS) is 1. The summed E-state index contributed by atoms with van der Waals surface area (Å²) in [5.74, 6) is -1.38. The summed E-state index contributed by atoms with van der Waals surface area (Å²) in [6.07, 6.45) is 2.51. The molecular formula is C20H17F3N4O5. The van der Waals surface area contributed by atoms with Crippen LogP contribution in [0.3, 0.4) is 0 Å². The standard InChI is InChI=1S/C18H16N4O3.C2HF3O2/c23-18(16-4-2-10-24-16)22-8-5-14-15(6-9-22)20-12-21-17(14)25-13-3-1-7-19-11-13;3-2(4,5)1(6)7/h1-4,7,10-12H,5-6,8-9H2;(H,6,7). The van der Waals surface area contributed by atoms with Gasteiger partial charge in [-0.2, -0.15) is 13.2 Å². The number of aliphatic carboxylic acids is 1. The third kappa shape index (κ3) is 5.80. The van der Waals surface area contributed by atoms with E-state index in [9.17, 15) is 18.0 Å². The number of nitrogens with zero attached hydrogens (tertiary/aromatic N) is 4. The molecule has 4 rings (SSSR count). The molecule has 1 aliphatic rings. The number of hydrogen-bond acceptors (Lipinski definition) is 7. The van der Waals surface area contributed by atoms with Crippen LogP contribution in [0.15, 0.2) is 53.7 Å². The number of alkyl halides is 3. The highest BCUT2D eigenvalue weighted by Gasteiger charge is 2.38. The third-order valence-electron chi connectivity index (χ3n) is 4.36. The van der Waals surface area contributed by atoms with E-state index in [1.807, 2.05) is 6.07 Å². The maximum Gasteiger partial charge on any atom is 0.490 e. The molecule has 0 aliphatic carbocycles. The van der Waals surface area contributed by atoms with Crippen molar-refractivity contribution in [2.24, 2.45) is 0 Å². The molecule has 1 amide bonds. The van der Waals surface area contributed by atoms with Crippen LogP contribution in [0.2, 0.25) is 0 Å². The van der Waals surface area contributed by atoms with Crippen molar-refractivity contribution in [3.63, 3.8) is 0 Å². The van der Waals surface area contributed by atoms with E-state index in [0.717, 1.165) is 11.3 Å². The Kier molecular flexibility index (Phi) is 7.03. The first-order valence-corrected chi connectivity index (χ1v) is 9.29. The lowest BCUT2D eigenvalue weighted by atomic mass is 10.1. The van der Waals surface area contributed by atoms with Crippen molar-refractivity contribution in [3.05, 3.63) is 66.3 Å².